The summed E-state index contributed by atoms with van der Waals surface area (Å²) in [7, 11) is 0. The Bertz CT molecular complexity index is 254. The van der Waals surface area contributed by atoms with Crippen LogP contribution in [0, 0.1) is 11.8 Å². The largest absolute Gasteiger partial charge is 0.391 e. The summed E-state index contributed by atoms with van der Waals surface area (Å²) in [5, 5.41) is 9.48. The quantitative estimate of drug-likeness (QED) is 0.712. The molecule has 1 heterocycles. The summed E-state index contributed by atoms with van der Waals surface area (Å²) in [5.74, 6) is 1.52. The summed E-state index contributed by atoms with van der Waals surface area (Å²) in [6.45, 7) is 5.08. The van der Waals surface area contributed by atoms with Crippen molar-refractivity contribution < 1.29 is 9.90 Å². The Labute approximate surface area is 91.5 Å². The highest BCUT2D eigenvalue weighted by Crippen LogP contribution is 2.33. The van der Waals surface area contributed by atoms with Crippen LogP contribution in [0.15, 0.2) is 0 Å². The molecule has 0 aromatic rings. The fraction of sp³-hybridized carbons (Fsp3) is 0.917. The van der Waals surface area contributed by atoms with Crippen LogP contribution in [0.1, 0.15) is 39.5 Å². The standard InChI is InChI=1S/C12H21NO2/c1-8-3-4-11(9(2)5-8)13-7-10(14)6-12(13)15/h8-11,14H,3-7H2,1-2H3. The summed E-state index contributed by atoms with van der Waals surface area (Å²) in [6.07, 6.45) is 3.45. The second-order valence-electron chi connectivity index (χ2n) is 5.37. The van der Waals surface area contributed by atoms with Crippen molar-refractivity contribution in [2.24, 2.45) is 11.8 Å². The molecule has 1 N–H and O–H groups in total. The summed E-state index contributed by atoms with van der Waals surface area (Å²) >= 11 is 0. The van der Waals surface area contributed by atoms with Gasteiger partial charge in [0.25, 0.3) is 0 Å². The van der Waals surface area contributed by atoms with Crippen LogP contribution in [0.3, 0.4) is 0 Å². The third kappa shape index (κ3) is 2.17. The Balaban J connectivity index is 2.01. The number of carbonyl (C=O) groups excluding carboxylic acids is 1. The molecular weight excluding hydrogens is 190 g/mol. The minimum absolute atomic E-state index is 0.147. The van der Waals surface area contributed by atoms with E-state index in [-0.39, 0.29) is 5.91 Å². The summed E-state index contributed by atoms with van der Waals surface area (Å²) in [6, 6.07) is 0.380. The second kappa shape index (κ2) is 4.12. The van der Waals surface area contributed by atoms with Crippen molar-refractivity contribution in [3.63, 3.8) is 0 Å². The highest BCUT2D eigenvalue weighted by molar-refractivity contribution is 5.79. The number of hydrogen-bond acceptors (Lipinski definition) is 2. The van der Waals surface area contributed by atoms with E-state index in [4.69, 9.17) is 0 Å². The average Bonchev–Trinajstić information content (AvgIpc) is 2.45. The van der Waals surface area contributed by atoms with Gasteiger partial charge in [-0.2, -0.15) is 0 Å². The van der Waals surface area contributed by atoms with Crippen LogP contribution < -0.4 is 0 Å². The van der Waals surface area contributed by atoms with Crippen molar-refractivity contribution in [2.75, 3.05) is 6.54 Å². The lowest BCUT2D eigenvalue weighted by molar-refractivity contribution is -0.131. The van der Waals surface area contributed by atoms with E-state index in [1.807, 2.05) is 4.90 Å². The summed E-state index contributed by atoms with van der Waals surface area (Å²) < 4.78 is 0. The van der Waals surface area contributed by atoms with Gasteiger partial charge in [0, 0.05) is 12.6 Å². The zero-order valence-corrected chi connectivity index (χ0v) is 9.65. The smallest absolute Gasteiger partial charge is 0.225 e. The number of rotatable bonds is 1. The van der Waals surface area contributed by atoms with Gasteiger partial charge in [0.15, 0.2) is 0 Å². The molecule has 1 aliphatic heterocycles. The number of β-amino-alcohol motifs (C(OH)–C–C–N with tert-alkyl or cyclic N) is 1. The summed E-state index contributed by atoms with van der Waals surface area (Å²) in [4.78, 5) is 13.6. The van der Waals surface area contributed by atoms with E-state index < -0.39 is 6.10 Å². The van der Waals surface area contributed by atoms with Crippen molar-refractivity contribution in [3.8, 4) is 0 Å². The average molecular weight is 211 g/mol. The molecule has 1 aliphatic carbocycles. The first-order valence-corrected chi connectivity index (χ1v) is 6.05. The normalized spacial score (nSPS) is 42.3. The van der Waals surface area contributed by atoms with Crippen molar-refractivity contribution >= 4 is 5.91 Å². The third-order valence-corrected chi connectivity index (χ3v) is 3.92. The highest BCUT2D eigenvalue weighted by atomic mass is 16.3. The van der Waals surface area contributed by atoms with Gasteiger partial charge in [-0.15, -0.1) is 0 Å². The SMILES string of the molecule is CC1CCC(N2CC(O)CC2=O)C(C)C1. The topological polar surface area (TPSA) is 40.5 Å². The molecule has 0 spiro atoms. The van der Waals surface area contributed by atoms with Crippen molar-refractivity contribution in [2.45, 2.75) is 51.7 Å². The zero-order valence-electron chi connectivity index (χ0n) is 9.65. The molecule has 3 heteroatoms. The minimum atomic E-state index is -0.427. The van der Waals surface area contributed by atoms with E-state index in [0.717, 1.165) is 12.3 Å². The fourth-order valence-corrected chi connectivity index (χ4v) is 3.15. The van der Waals surface area contributed by atoms with Crippen molar-refractivity contribution in [1.29, 1.82) is 0 Å². The van der Waals surface area contributed by atoms with Gasteiger partial charge in [-0.25, -0.2) is 0 Å². The van der Waals surface area contributed by atoms with E-state index in [1.54, 1.807) is 0 Å². The third-order valence-electron chi connectivity index (χ3n) is 3.92. The Morgan fingerprint density at radius 1 is 1.33 bits per heavy atom. The maximum Gasteiger partial charge on any atom is 0.225 e. The number of hydrogen-bond donors (Lipinski definition) is 1. The zero-order chi connectivity index (χ0) is 11.0. The molecule has 1 saturated heterocycles. The molecule has 86 valence electrons. The summed E-state index contributed by atoms with van der Waals surface area (Å²) in [5.41, 5.74) is 0. The molecule has 2 fully saturated rings. The lowest BCUT2D eigenvalue weighted by Crippen LogP contribution is -2.43. The van der Waals surface area contributed by atoms with Crippen LogP contribution >= 0.6 is 0 Å². The van der Waals surface area contributed by atoms with Gasteiger partial charge in [0.05, 0.1) is 12.5 Å². The number of likely N-dealkylation sites (tertiary alicyclic amines) is 1. The molecule has 1 amide bonds. The number of carbonyl (C=O) groups is 1. The molecule has 0 aromatic carbocycles. The first-order valence-electron chi connectivity index (χ1n) is 6.05. The van der Waals surface area contributed by atoms with Crippen LogP contribution in [0.4, 0.5) is 0 Å². The Kier molecular flexibility index (Phi) is 3.01. The van der Waals surface area contributed by atoms with Crippen LogP contribution in [-0.2, 0) is 4.79 Å². The fourth-order valence-electron chi connectivity index (χ4n) is 3.15. The van der Waals surface area contributed by atoms with Crippen LogP contribution in [0.25, 0.3) is 0 Å². The van der Waals surface area contributed by atoms with E-state index in [9.17, 15) is 9.90 Å². The molecule has 4 unspecified atom stereocenters. The van der Waals surface area contributed by atoms with Crippen LogP contribution in [0.5, 0.6) is 0 Å². The van der Waals surface area contributed by atoms with Gasteiger partial charge >= 0.3 is 0 Å². The van der Waals surface area contributed by atoms with Gasteiger partial charge in [0.2, 0.25) is 5.91 Å². The van der Waals surface area contributed by atoms with Gasteiger partial charge in [0.1, 0.15) is 0 Å². The van der Waals surface area contributed by atoms with Gasteiger partial charge < -0.3 is 10.0 Å². The van der Waals surface area contributed by atoms with Gasteiger partial charge in [-0.1, -0.05) is 13.8 Å². The Hall–Kier alpha value is -0.570. The van der Waals surface area contributed by atoms with Crippen LogP contribution in [0.2, 0.25) is 0 Å². The van der Waals surface area contributed by atoms with E-state index in [1.165, 1.54) is 12.8 Å². The highest BCUT2D eigenvalue weighted by Gasteiger charge is 2.37. The second-order valence-corrected chi connectivity index (χ2v) is 5.37. The van der Waals surface area contributed by atoms with Gasteiger partial charge in [-0.05, 0) is 31.1 Å². The molecule has 1 saturated carbocycles. The van der Waals surface area contributed by atoms with Gasteiger partial charge in [-0.3, -0.25) is 4.79 Å². The Morgan fingerprint density at radius 3 is 2.60 bits per heavy atom. The molecule has 15 heavy (non-hydrogen) atoms. The molecule has 0 bridgehead atoms. The Morgan fingerprint density at radius 2 is 2.07 bits per heavy atom. The van der Waals surface area contributed by atoms with E-state index >= 15 is 0 Å². The molecule has 4 atom stereocenters. The molecule has 3 nitrogen and oxygen atoms in total. The number of nitrogens with zero attached hydrogens (tertiary/aromatic N) is 1. The molecule has 0 radical (unpaired) electrons. The van der Waals surface area contributed by atoms with Crippen molar-refractivity contribution in [3.05, 3.63) is 0 Å². The maximum atomic E-state index is 11.7. The first kappa shape index (κ1) is 10.9. The lowest BCUT2D eigenvalue weighted by Gasteiger charge is -2.38. The first-order chi connectivity index (χ1) is 7.08. The predicted molar refractivity (Wildman–Crippen MR) is 58.3 cm³/mol. The molecule has 2 aliphatic rings. The monoisotopic (exact) mass is 211 g/mol. The molecule has 0 aromatic heterocycles. The number of amides is 1. The predicted octanol–water partition coefficient (Wildman–Crippen LogP) is 1.40. The van der Waals surface area contributed by atoms with Crippen molar-refractivity contribution in [1.82, 2.24) is 4.90 Å². The molecular formula is C12H21NO2. The maximum absolute atomic E-state index is 11.7. The minimum Gasteiger partial charge on any atom is -0.391 e. The lowest BCUT2D eigenvalue weighted by atomic mass is 9.79. The molecule has 2 rings (SSSR count). The number of aliphatic hydroxyl groups excluding tert-OH is 1. The van der Waals surface area contributed by atoms with Crippen LogP contribution in [-0.4, -0.2) is 34.6 Å². The number of aliphatic hydroxyl groups is 1. The van der Waals surface area contributed by atoms with E-state index in [0.29, 0.717) is 24.9 Å². The van der Waals surface area contributed by atoms with E-state index in [2.05, 4.69) is 13.8 Å².